The number of nitrogens with zero attached hydrogens (tertiary/aromatic N) is 2. The molecule has 1 aliphatic carbocycles. The number of carbonyl (C=O) groups is 1. The largest absolute Gasteiger partial charge is 0.481 e. The van der Waals surface area contributed by atoms with Crippen LogP contribution in [0.15, 0.2) is 17.2 Å². The summed E-state index contributed by atoms with van der Waals surface area (Å²) in [5, 5.41) is 12.0. The van der Waals surface area contributed by atoms with Crippen LogP contribution in [-0.2, 0) is 11.8 Å². The van der Waals surface area contributed by atoms with Crippen LogP contribution >= 0.6 is 0 Å². The maximum atomic E-state index is 11.7. The van der Waals surface area contributed by atoms with Crippen molar-refractivity contribution in [1.29, 1.82) is 0 Å². The molecule has 2 N–H and O–H groups in total. The monoisotopic (exact) mass is 251 g/mol. The summed E-state index contributed by atoms with van der Waals surface area (Å²) < 4.78 is 1.44. The summed E-state index contributed by atoms with van der Waals surface area (Å²) in [7, 11) is 1.66. The van der Waals surface area contributed by atoms with E-state index in [-0.39, 0.29) is 23.2 Å². The van der Waals surface area contributed by atoms with Gasteiger partial charge in [0.05, 0.1) is 5.92 Å². The molecule has 1 aromatic rings. The number of aliphatic carboxylic acids is 1. The second kappa shape index (κ2) is 5.20. The molecule has 0 aromatic carbocycles. The SMILES string of the molecule is Cn1ccnc(NCC2CCCC2C(=O)O)c1=O. The van der Waals surface area contributed by atoms with Crippen LogP contribution < -0.4 is 10.9 Å². The van der Waals surface area contributed by atoms with E-state index in [1.807, 2.05) is 0 Å². The lowest BCUT2D eigenvalue weighted by molar-refractivity contribution is -0.142. The molecule has 6 heteroatoms. The molecule has 0 spiro atoms. The van der Waals surface area contributed by atoms with Gasteiger partial charge in [0.1, 0.15) is 0 Å². The first-order chi connectivity index (χ1) is 8.59. The van der Waals surface area contributed by atoms with E-state index in [2.05, 4.69) is 10.3 Å². The summed E-state index contributed by atoms with van der Waals surface area (Å²) in [6.07, 6.45) is 5.68. The Morgan fingerprint density at radius 1 is 1.61 bits per heavy atom. The van der Waals surface area contributed by atoms with Crippen LogP contribution in [0.25, 0.3) is 0 Å². The van der Waals surface area contributed by atoms with Crippen LogP contribution in [0.5, 0.6) is 0 Å². The molecular formula is C12H17N3O3. The number of rotatable bonds is 4. The molecule has 0 amide bonds. The summed E-state index contributed by atoms with van der Waals surface area (Å²) in [6.45, 7) is 0.489. The summed E-state index contributed by atoms with van der Waals surface area (Å²) >= 11 is 0. The highest BCUT2D eigenvalue weighted by atomic mass is 16.4. The Morgan fingerprint density at radius 2 is 2.39 bits per heavy atom. The molecule has 0 aliphatic heterocycles. The second-order valence-corrected chi connectivity index (χ2v) is 4.71. The highest BCUT2D eigenvalue weighted by Gasteiger charge is 2.32. The summed E-state index contributed by atoms with van der Waals surface area (Å²) in [5.41, 5.74) is -0.192. The fourth-order valence-electron chi connectivity index (χ4n) is 2.45. The first-order valence-corrected chi connectivity index (χ1v) is 6.08. The third-order valence-corrected chi connectivity index (χ3v) is 3.52. The van der Waals surface area contributed by atoms with Crippen LogP contribution in [-0.4, -0.2) is 27.2 Å². The van der Waals surface area contributed by atoms with Gasteiger partial charge in [-0.15, -0.1) is 0 Å². The van der Waals surface area contributed by atoms with Gasteiger partial charge in [-0.05, 0) is 18.8 Å². The predicted octanol–water partition coefficient (Wildman–Crippen LogP) is 0.693. The van der Waals surface area contributed by atoms with Crippen molar-refractivity contribution in [2.75, 3.05) is 11.9 Å². The number of hydrogen-bond acceptors (Lipinski definition) is 4. The van der Waals surface area contributed by atoms with Crippen molar-refractivity contribution in [2.45, 2.75) is 19.3 Å². The van der Waals surface area contributed by atoms with Gasteiger partial charge < -0.3 is 15.0 Å². The molecule has 0 saturated heterocycles. The Bertz CT molecular complexity index is 498. The van der Waals surface area contributed by atoms with Crippen molar-refractivity contribution in [2.24, 2.45) is 18.9 Å². The Kier molecular flexibility index (Phi) is 3.64. The number of hydrogen-bond donors (Lipinski definition) is 2. The first kappa shape index (κ1) is 12.6. The first-order valence-electron chi connectivity index (χ1n) is 6.08. The standard InChI is InChI=1S/C12H17N3O3/c1-15-6-5-13-10(11(15)16)14-7-8-3-2-4-9(8)12(17)18/h5-6,8-9H,2-4,7H2,1H3,(H,13,14)(H,17,18). The van der Waals surface area contributed by atoms with Crippen LogP contribution in [0.4, 0.5) is 5.82 Å². The third-order valence-electron chi connectivity index (χ3n) is 3.52. The molecule has 98 valence electrons. The van der Waals surface area contributed by atoms with Crippen molar-refractivity contribution in [3.05, 3.63) is 22.7 Å². The lowest BCUT2D eigenvalue weighted by Gasteiger charge is -2.16. The van der Waals surface area contributed by atoms with E-state index in [4.69, 9.17) is 5.11 Å². The fourth-order valence-corrected chi connectivity index (χ4v) is 2.45. The number of nitrogens with one attached hydrogen (secondary N) is 1. The van der Waals surface area contributed by atoms with Crippen LogP contribution in [0.2, 0.25) is 0 Å². The molecule has 1 heterocycles. The number of carboxylic acid groups (broad SMARTS) is 1. The highest BCUT2D eigenvalue weighted by Crippen LogP contribution is 2.31. The molecule has 2 atom stereocenters. The molecule has 2 rings (SSSR count). The molecular weight excluding hydrogens is 234 g/mol. The van der Waals surface area contributed by atoms with Crippen LogP contribution in [0.3, 0.4) is 0 Å². The van der Waals surface area contributed by atoms with Gasteiger partial charge in [-0.3, -0.25) is 9.59 Å². The van der Waals surface area contributed by atoms with E-state index >= 15 is 0 Å². The van der Waals surface area contributed by atoms with E-state index in [9.17, 15) is 9.59 Å². The Morgan fingerprint density at radius 3 is 3.11 bits per heavy atom. The molecule has 0 radical (unpaired) electrons. The highest BCUT2D eigenvalue weighted by molar-refractivity contribution is 5.70. The van der Waals surface area contributed by atoms with Gasteiger partial charge >= 0.3 is 5.97 Å². The minimum Gasteiger partial charge on any atom is -0.481 e. The number of aromatic nitrogens is 2. The predicted molar refractivity (Wildman–Crippen MR) is 66.4 cm³/mol. The van der Waals surface area contributed by atoms with Gasteiger partial charge in [0, 0.05) is 26.0 Å². The summed E-state index contributed by atoms with van der Waals surface area (Å²) in [6, 6.07) is 0. The van der Waals surface area contributed by atoms with Crippen molar-refractivity contribution < 1.29 is 9.90 Å². The van der Waals surface area contributed by atoms with Crippen molar-refractivity contribution in [3.63, 3.8) is 0 Å². The van der Waals surface area contributed by atoms with Crippen LogP contribution in [0.1, 0.15) is 19.3 Å². The van der Waals surface area contributed by atoms with E-state index < -0.39 is 5.97 Å². The third kappa shape index (κ3) is 2.52. The van der Waals surface area contributed by atoms with Gasteiger partial charge in [-0.25, -0.2) is 4.98 Å². The summed E-state index contributed by atoms with van der Waals surface area (Å²) in [4.78, 5) is 26.7. The Labute approximate surface area is 105 Å². The van der Waals surface area contributed by atoms with E-state index in [1.54, 1.807) is 19.4 Å². The maximum Gasteiger partial charge on any atom is 0.306 e. The van der Waals surface area contributed by atoms with Gasteiger partial charge in [0.15, 0.2) is 5.82 Å². The minimum absolute atomic E-state index is 0.0780. The van der Waals surface area contributed by atoms with E-state index in [1.165, 1.54) is 4.57 Å². The average molecular weight is 251 g/mol. The maximum absolute atomic E-state index is 11.7. The van der Waals surface area contributed by atoms with Crippen molar-refractivity contribution >= 4 is 11.8 Å². The normalized spacial score (nSPS) is 22.9. The Balaban J connectivity index is 2.01. The quantitative estimate of drug-likeness (QED) is 0.822. The van der Waals surface area contributed by atoms with Gasteiger partial charge in [-0.1, -0.05) is 6.42 Å². The summed E-state index contributed by atoms with van der Waals surface area (Å²) in [5.74, 6) is -0.677. The molecule has 1 saturated carbocycles. The zero-order valence-corrected chi connectivity index (χ0v) is 10.3. The molecule has 1 fully saturated rings. The van der Waals surface area contributed by atoms with Crippen LogP contribution in [0, 0.1) is 11.8 Å². The lowest BCUT2D eigenvalue weighted by Crippen LogP contribution is -2.28. The van der Waals surface area contributed by atoms with Gasteiger partial charge in [0.25, 0.3) is 5.56 Å². The number of anilines is 1. The number of carboxylic acids is 1. The van der Waals surface area contributed by atoms with E-state index in [0.717, 1.165) is 19.3 Å². The topological polar surface area (TPSA) is 84.2 Å². The zero-order chi connectivity index (χ0) is 13.1. The Hall–Kier alpha value is -1.85. The number of aryl methyl sites for hydroxylation is 1. The molecule has 6 nitrogen and oxygen atoms in total. The molecule has 18 heavy (non-hydrogen) atoms. The zero-order valence-electron chi connectivity index (χ0n) is 10.3. The average Bonchev–Trinajstić information content (AvgIpc) is 2.79. The minimum atomic E-state index is -0.742. The van der Waals surface area contributed by atoms with Gasteiger partial charge in [0.2, 0.25) is 0 Å². The smallest absolute Gasteiger partial charge is 0.306 e. The lowest BCUT2D eigenvalue weighted by atomic mass is 9.96. The van der Waals surface area contributed by atoms with Crippen molar-refractivity contribution in [1.82, 2.24) is 9.55 Å². The molecule has 1 aromatic heterocycles. The molecule has 1 aliphatic rings. The van der Waals surface area contributed by atoms with E-state index in [0.29, 0.717) is 6.54 Å². The second-order valence-electron chi connectivity index (χ2n) is 4.71. The van der Waals surface area contributed by atoms with Gasteiger partial charge in [-0.2, -0.15) is 0 Å². The molecule has 0 bridgehead atoms. The fraction of sp³-hybridized carbons (Fsp3) is 0.583. The van der Waals surface area contributed by atoms with Crippen molar-refractivity contribution in [3.8, 4) is 0 Å². The molecule has 2 unspecified atom stereocenters.